The molecule has 1 saturated carbocycles. The van der Waals surface area contributed by atoms with Gasteiger partial charge in [-0.25, -0.2) is 9.37 Å². The first-order valence-electron chi connectivity index (χ1n) is 12.7. The third-order valence-electron chi connectivity index (χ3n) is 7.25. The van der Waals surface area contributed by atoms with E-state index in [2.05, 4.69) is 22.1 Å². The van der Waals surface area contributed by atoms with Gasteiger partial charge in [-0.3, -0.25) is 4.79 Å². The smallest absolute Gasteiger partial charge is 0.244 e. The number of nitrogen functional groups attached to an aromatic ring is 1. The Morgan fingerprint density at radius 2 is 2.09 bits per heavy atom. The van der Waals surface area contributed by atoms with Crippen LogP contribution in [0.3, 0.4) is 0 Å². The van der Waals surface area contributed by atoms with Crippen molar-refractivity contribution in [2.45, 2.75) is 76.8 Å². The summed E-state index contributed by atoms with van der Waals surface area (Å²) < 4.78 is 13.3. The number of halogens is 1. The number of aryl methyl sites for hydroxylation is 1. The average Bonchev–Trinajstić information content (AvgIpc) is 3.20. The van der Waals surface area contributed by atoms with E-state index in [1.165, 1.54) is 60.9 Å². The largest absolute Gasteiger partial charge is 0.375 e. The van der Waals surface area contributed by atoms with Crippen LogP contribution in [0.25, 0.3) is 6.08 Å². The molecule has 1 unspecified atom stereocenters. The summed E-state index contributed by atoms with van der Waals surface area (Å²) in [5, 5.41) is 3.84. The van der Waals surface area contributed by atoms with Gasteiger partial charge in [0.15, 0.2) is 5.13 Å². The van der Waals surface area contributed by atoms with Gasteiger partial charge in [0.05, 0.1) is 5.69 Å². The second kappa shape index (κ2) is 11.9. The number of hydrogen-bond acceptors (Lipinski definition) is 5. The minimum atomic E-state index is -0.292. The molecular formula is C27H37FN4OS. The molecule has 34 heavy (non-hydrogen) atoms. The summed E-state index contributed by atoms with van der Waals surface area (Å²) in [6, 6.07) is 7.11. The van der Waals surface area contributed by atoms with Gasteiger partial charge in [0.2, 0.25) is 5.91 Å². The molecular weight excluding hydrogens is 447 g/mol. The first-order valence-corrected chi connectivity index (χ1v) is 13.5. The first kappa shape index (κ1) is 24.9. The minimum Gasteiger partial charge on any atom is -0.375 e. The number of anilines is 1. The standard InChI is InChI=1S/C27H37FN4OS/c1-2-15-32(23-11-12-24-25(18-23)34-27(29)31-24)16-14-19-6-9-22(10-7-19)30-26(33)13-8-20-4-3-5-21(28)17-20/h3-5,8,13,17,19,22-23H,2,6-7,9-12,14-16,18H2,1H3,(H2,29,31)(H,30,33)/b13-8+. The average molecular weight is 485 g/mol. The Morgan fingerprint density at radius 1 is 1.26 bits per heavy atom. The highest BCUT2D eigenvalue weighted by Gasteiger charge is 2.28. The molecule has 2 aliphatic carbocycles. The van der Waals surface area contributed by atoms with Crippen molar-refractivity contribution in [1.82, 2.24) is 15.2 Å². The number of carbonyl (C=O) groups is 1. The monoisotopic (exact) mass is 484 g/mol. The molecule has 1 aromatic heterocycles. The third-order valence-corrected chi connectivity index (χ3v) is 8.20. The Labute approximate surface area is 206 Å². The molecule has 0 saturated heterocycles. The van der Waals surface area contributed by atoms with Crippen molar-refractivity contribution >= 4 is 28.5 Å². The second-order valence-electron chi connectivity index (χ2n) is 9.76. The van der Waals surface area contributed by atoms with E-state index in [1.807, 2.05) is 0 Å². The Kier molecular flexibility index (Phi) is 8.73. The molecule has 0 radical (unpaired) electrons. The molecule has 2 aliphatic rings. The predicted molar refractivity (Wildman–Crippen MR) is 138 cm³/mol. The quantitative estimate of drug-likeness (QED) is 0.479. The van der Waals surface area contributed by atoms with Gasteiger partial charge in [0.1, 0.15) is 5.82 Å². The Bertz CT molecular complexity index is 983. The Balaban J connectivity index is 1.20. The van der Waals surface area contributed by atoms with E-state index < -0.39 is 0 Å². The molecule has 0 aliphatic heterocycles. The highest BCUT2D eigenvalue weighted by Crippen LogP contribution is 2.32. The molecule has 1 fully saturated rings. The van der Waals surface area contributed by atoms with Crippen molar-refractivity contribution < 1.29 is 9.18 Å². The molecule has 1 amide bonds. The number of aromatic nitrogens is 1. The maximum atomic E-state index is 13.3. The van der Waals surface area contributed by atoms with Crippen LogP contribution in [0.2, 0.25) is 0 Å². The van der Waals surface area contributed by atoms with Gasteiger partial charge in [0, 0.05) is 23.0 Å². The zero-order chi connectivity index (χ0) is 23.9. The third kappa shape index (κ3) is 6.89. The molecule has 184 valence electrons. The van der Waals surface area contributed by atoms with Crippen molar-refractivity contribution in [2.24, 2.45) is 5.92 Å². The predicted octanol–water partition coefficient (Wildman–Crippen LogP) is 5.21. The fourth-order valence-corrected chi connectivity index (χ4v) is 6.38. The van der Waals surface area contributed by atoms with Gasteiger partial charge >= 0.3 is 0 Å². The number of rotatable bonds is 9. The molecule has 1 heterocycles. The van der Waals surface area contributed by atoms with Crippen LogP contribution in [-0.2, 0) is 17.6 Å². The Morgan fingerprint density at radius 3 is 2.85 bits per heavy atom. The molecule has 0 spiro atoms. The number of amides is 1. The number of nitrogens with one attached hydrogen (secondary N) is 1. The van der Waals surface area contributed by atoms with Crippen LogP contribution in [0.5, 0.6) is 0 Å². The van der Waals surface area contributed by atoms with Gasteiger partial charge < -0.3 is 16.0 Å². The van der Waals surface area contributed by atoms with Gasteiger partial charge in [-0.1, -0.05) is 19.1 Å². The summed E-state index contributed by atoms with van der Waals surface area (Å²) in [7, 11) is 0. The first-order chi connectivity index (χ1) is 16.5. The molecule has 1 aromatic carbocycles. The summed E-state index contributed by atoms with van der Waals surface area (Å²) in [4.78, 5) is 20.9. The van der Waals surface area contributed by atoms with Crippen molar-refractivity contribution in [3.63, 3.8) is 0 Å². The van der Waals surface area contributed by atoms with Crippen LogP contribution in [0, 0.1) is 11.7 Å². The normalized spacial score (nSPS) is 22.7. The van der Waals surface area contributed by atoms with Gasteiger partial charge in [-0.05, 0) is 101 Å². The minimum absolute atomic E-state index is 0.0952. The van der Waals surface area contributed by atoms with Crippen molar-refractivity contribution in [3.05, 3.63) is 52.3 Å². The second-order valence-corrected chi connectivity index (χ2v) is 10.9. The number of fused-ring (bicyclic) bond motifs is 1. The summed E-state index contributed by atoms with van der Waals surface area (Å²) >= 11 is 1.67. The molecule has 1 atom stereocenters. The number of thiazole rings is 1. The number of nitrogens with two attached hydrogens (primary N) is 1. The van der Waals surface area contributed by atoms with E-state index >= 15 is 0 Å². The van der Waals surface area contributed by atoms with Crippen LogP contribution in [0.1, 0.15) is 68.0 Å². The maximum absolute atomic E-state index is 13.3. The fourth-order valence-electron chi connectivity index (χ4n) is 5.43. The van der Waals surface area contributed by atoms with Gasteiger partial charge in [-0.2, -0.15) is 0 Å². The van der Waals surface area contributed by atoms with Crippen LogP contribution in [-0.4, -0.2) is 41.0 Å². The number of carbonyl (C=O) groups excluding carboxylic acids is 1. The van der Waals surface area contributed by atoms with Crippen LogP contribution < -0.4 is 11.1 Å². The summed E-state index contributed by atoms with van der Waals surface area (Å²) in [5.74, 6) is 0.343. The van der Waals surface area contributed by atoms with E-state index in [1.54, 1.807) is 29.5 Å². The van der Waals surface area contributed by atoms with E-state index in [0.29, 0.717) is 16.7 Å². The lowest BCUT2D eigenvalue weighted by atomic mass is 9.83. The highest BCUT2D eigenvalue weighted by atomic mass is 32.1. The molecule has 7 heteroatoms. The molecule has 2 aromatic rings. The fraction of sp³-hybridized carbons (Fsp3) is 0.556. The van der Waals surface area contributed by atoms with Gasteiger partial charge in [-0.15, -0.1) is 11.3 Å². The number of hydrogen-bond donors (Lipinski definition) is 2. The zero-order valence-electron chi connectivity index (χ0n) is 20.1. The van der Waals surface area contributed by atoms with E-state index in [4.69, 9.17) is 5.73 Å². The SMILES string of the molecule is CCCN(CCC1CCC(NC(=O)/C=C/c2cccc(F)c2)CC1)C1CCc2nc(N)sc2C1. The van der Waals surface area contributed by atoms with E-state index in [-0.39, 0.29) is 17.8 Å². The lowest BCUT2D eigenvalue weighted by Crippen LogP contribution is -2.41. The zero-order valence-corrected chi connectivity index (χ0v) is 21.0. The number of benzene rings is 1. The van der Waals surface area contributed by atoms with Crippen LogP contribution >= 0.6 is 11.3 Å². The van der Waals surface area contributed by atoms with Gasteiger partial charge in [0.25, 0.3) is 0 Å². The topological polar surface area (TPSA) is 71.2 Å². The lowest BCUT2D eigenvalue weighted by molar-refractivity contribution is -0.117. The summed E-state index contributed by atoms with van der Waals surface area (Å²) in [6.45, 7) is 4.57. The lowest BCUT2D eigenvalue weighted by Gasteiger charge is -2.36. The summed E-state index contributed by atoms with van der Waals surface area (Å²) in [6.07, 6.45) is 13.3. The van der Waals surface area contributed by atoms with E-state index in [9.17, 15) is 9.18 Å². The van der Waals surface area contributed by atoms with Crippen molar-refractivity contribution in [2.75, 3.05) is 18.8 Å². The molecule has 3 N–H and O–H groups in total. The van der Waals surface area contributed by atoms with Crippen molar-refractivity contribution in [1.29, 1.82) is 0 Å². The maximum Gasteiger partial charge on any atom is 0.244 e. The molecule has 5 nitrogen and oxygen atoms in total. The van der Waals surface area contributed by atoms with Crippen molar-refractivity contribution in [3.8, 4) is 0 Å². The molecule has 4 rings (SSSR count). The molecule has 0 bridgehead atoms. The van der Waals surface area contributed by atoms with E-state index in [0.717, 1.165) is 44.7 Å². The Hall–Kier alpha value is -2.25. The van der Waals surface area contributed by atoms with Crippen LogP contribution in [0.15, 0.2) is 30.3 Å². The highest BCUT2D eigenvalue weighted by molar-refractivity contribution is 7.15. The van der Waals surface area contributed by atoms with Crippen LogP contribution in [0.4, 0.5) is 9.52 Å². The summed E-state index contributed by atoms with van der Waals surface area (Å²) in [5.41, 5.74) is 7.86. The number of nitrogens with zero attached hydrogens (tertiary/aromatic N) is 2.